The Hall–Kier alpha value is -3.41. The molecule has 1 saturated carbocycles. The number of aromatic hydroxyl groups is 1. The molecule has 0 aliphatic heterocycles. The number of anilines is 1. The number of carbonyl (C=O) groups is 3. The number of nitrogen functional groups attached to an aromatic ring is 1. The molecule has 3 aliphatic rings. The maximum absolute atomic E-state index is 13.7. The van der Waals surface area contributed by atoms with E-state index in [-0.39, 0.29) is 29.0 Å². The first-order valence-electron chi connectivity index (χ1n) is 10.2. The number of hydrogen-bond acceptors (Lipinski definition) is 10. The molecule has 11 heteroatoms. The zero-order valence-electron chi connectivity index (χ0n) is 18.2. The number of aliphatic hydroxyl groups is 3. The number of ether oxygens (including phenoxy) is 1. The Morgan fingerprint density at radius 1 is 1.21 bits per heavy atom. The molecule has 0 saturated heterocycles. The molecular weight excluding hydrogens is 434 g/mol. The zero-order chi connectivity index (χ0) is 24.6. The molecule has 4 rings (SSSR count). The van der Waals surface area contributed by atoms with Gasteiger partial charge in [-0.1, -0.05) is 0 Å². The Labute approximate surface area is 188 Å². The van der Waals surface area contributed by atoms with Gasteiger partial charge in [0.2, 0.25) is 5.78 Å². The minimum atomic E-state index is -2.79. The van der Waals surface area contributed by atoms with E-state index >= 15 is 0 Å². The third kappa shape index (κ3) is 2.76. The number of fused-ring (bicyclic) bond motifs is 3. The van der Waals surface area contributed by atoms with Crippen molar-refractivity contribution in [3.05, 3.63) is 40.2 Å². The molecule has 176 valence electrons. The van der Waals surface area contributed by atoms with Crippen LogP contribution in [-0.4, -0.2) is 81.8 Å². The van der Waals surface area contributed by atoms with E-state index in [9.17, 15) is 34.8 Å². The number of amides is 1. The Bertz CT molecular complexity index is 1170. The Kier molecular flexibility index (Phi) is 5.04. The lowest BCUT2D eigenvalue weighted by Gasteiger charge is -2.53. The highest BCUT2D eigenvalue weighted by atomic mass is 16.5. The number of rotatable bonds is 3. The molecule has 1 amide bonds. The van der Waals surface area contributed by atoms with Crippen molar-refractivity contribution in [1.29, 1.82) is 0 Å². The number of likely N-dealkylation sites (N-methyl/N-ethyl adjacent to an activating group) is 1. The fourth-order valence-corrected chi connectivity index (χ4v) is 5.57. The molecule has 0 radical (unpaired) electrons. The van der Waals surface area contributed by atoms with Gasteiger partial charge in [-0.2, -0.15) is 0 Å². The van der Waals surface area contributed by atoms with Gasteiger partial charge in [0.15, 0.2) is 11.4 Å². The van der Waals surface area contributed by atoms with Crippen molar-refractivity contribution in [2.24, 2.45) is 17.6 Å². The van der Waals surface area contributed by atoms with E-state index in [1.807, 2.05) is 0 Å². The highest BCUT2D eigenvalue weighted by Gasteiger charge is 2.68. The van der Waals surface area contributed by atoms with Gasteiger partial charge >= 0.3 is 0 Å². The molecule has 1 fully saturated rings. The largest absolute Gasteiger partial charge is 0.508 e. The number of primary amides is 1. The number of nitrogens with two attached hydrogens (primary N) is 2. The monoisotopic (exact) mass is 459 g/mol. The van der Waals surface area contributed by atoms with Crippen LogP contribution in [0.15, 0.2) is 29.0 Å². The highest BCUT2D eigenvalue weighted by Crippen LogP contribution is 2.54. The predicted octanol–water partition coefficient (Wildman–Crippen LogP) is -0.829. The number of nitrogens with zero attached hydrogens (tertiary/aromatic N) is 1. The molecular formula is C22H25N3O8. The number of aliphatic hydroxyl groups excluding tert-OH is 2. The van der Waals surface area contributed by atoms with Crippen molar-refractivity contribution in [2.45, 2.75) is 24.2 Å². The van der Waals surface area contributed by atoms with Crippen LogP contribution in [0.3, 0.4) is 0 Å². The summed E-state index contributed by atoms with van der Waals surface area (Å²) in [4.78, 5) is 40.3. The Morgan fingerprint density at radius 3 is 2.39 bits per heavy atom. The minimum Gasteiger partial charge on any atom is -0.508 e. The lowest BCUT2D eigenvalue weighted by Crippen LogP contribution is -2.70. The second kappa shape index (κ2) is 7.30. The van der Waals surface area contributed by atoms with E-state index in [1.54, 1.807) is 0 Å². The van der Waals surface area contributed by atoms with Crippen molar-refractivity contribution in [3.63, 3.8) is 0 Å². The summed E-state index contributed by atoms with van der Waals surface area (Å²) in [6.07, 6.45) is -1.03. The van der Waals surface area contributed by atoms with Gasteiger partial charge in [0.05, 0.1) is 23.6 Å². The van der Waals surface area contributed by atoms with E-state index in [0.29, 0.717) is 5.56 Å². The van der Waals surface area contributed by atoms with Crippen LogP contribution in [0.4, 0.5) is 5.69 Å². The van der Waals surface area contributed by atoms with Gasteiger partial charge in [-0.25, -0.2) is 0 Å². The lowest BCUT2D eigenvalue weighted by molar-refractivity contribution is -0.171. The topological polar surface area (TPSA) is 197 Å². The lowest BCUT2D eigenvalue weighted by atomic mass is 9.56. The van der Waals surface area contributed by atoms with Crippen LogP contribution in [0, 0.1) is 11.8 Å². The molecule has 8 N–H and O–H groups in total. The van der Waals surface area contributed by atoms with E-state index in [0.717, 1.165) is 0 Å². The summed E-state index contributed by atoms with van der Waals surface area (Å²) in [5, 5.41) is 43.9. The van der Waals surface area contributed by atoms with Crippen molar-refractivity contribution >= 4 is 28.9 Å². The standard InChI is InChI=1S/C22H25N3O8/c1-25(2)15-14-18(33-3)8-6-7-9(23)4-5-10(26)11(7)16(27)12(8)19(29)22(14,32)20(30)13(17(15)28)21(24)31/h4-5,8,14-15,18,26-27,30,32H,6,23H2,1-3H3,(H2,24,31)/t8-,14-,15+,18+,22+/m1/s1. The summed E-state index contributed by atoms with van der Waals surface area (Å²) in [6.45, 7) is 0. The number of hydrogen-bond donors (Lipinski definition) is 6. The van der Waals surface area contributed by atoms with Crippen LogP contribution in [0.5, 0.6) is 5.75 Å². The number of Topliss-reactive ketones (excluding diaryl/α,β-unsaturated/α-hetero) is 2. The molecule has 1 aromatic rings. The summed E-state index contributed by atoms with van der Waals surface area (Å²) in [6, 6.07) is 1.46. The third-order valence-electron chi connectivity index (χ3n) is 6.97. The van der Waals surface area contributed by atoms with Gasteiger partial charge in [0.25, 0.3) is 5.91 Å². The first-order valence-corrected chi connectivity index (χ1v) is 10.2. The van der Waals surface area contributed by atoms with E-state index in [1.165, 1.54) is 38.2 Å². The van der Waals surface area contributed by atoms with Crippen LogP contribution in [0.1, 0.15) is 11.1 Å². The fraction of sp³-hybridized carbons (Fsp3) is 0.409. The van der Waals surface area contributed by atoms with Crippen molar-refractivity contribution in [2.75, 3.05) is 26.9 Å². The predicted molar refractivity (Wildman–Crippen MR) is 115 cm³/mol. The second-order valence-electron chi connectivity index (χ2n) is 8.78. The number of ketones is 2. The minimum absolute atomic E-state index is 0.0489. The molecule has 0 unspecified atom stereocenters. The maximum atomic E-state index is 13.7. The molecule has 0 bridgehead atoms. The normalized spacial score (nSPS) is 31.4. The van der Waals surface area contributed by atoms with Gasteiger partial charge in [-0.3, -0.25) is 19.3 Å². The molecule has 0 heterocycles. The summed E-state index contributed by atoms with van der Waals surface area (Å²) >= 11 is 0. The first-order chi connectivity index (χ1) is 15.4. The van der Waals surface area contributed by atoms with Crippen LogP contribution < -0.4 is 11.5 Å². The van der Waals surface area contributed by atoms with Crippen LogP contribution >= 0.6 is 0 Å². The van der Waals surface area contributed by atoms with Gasteiger partial charge in [-0.05, 0) is 38.2 Å². The molecule has 33 heavy (non-hydrogen) atoms. The Balaban J connectivity index is 2.07. The average molecular weight is 459 g/mol. The van der Waals surface area contributed by atoms with Crippen molar-refractivity contribution in [1.82, 2.24) is 4.90 Å². The number of phenolic OH excluding ortho intramolecular Hbond substituents is 1. The second-order valence-corrected chi connectivity index (χ2v) is 8.78. The highest BCUT2D eigenvalue weighted by molar-refractivity contribution is 6.24. The molecule has 5 atom stereocenters. The summed E-state index contributed by atoms with van der Waals surface area (Å²) in [5.41, 5.74) is 7.95. The van der Waals surface area contributed by atoms with Crippen LogP contribution in [0.25, 0.3) is 5.76 Å². The van der Waals surface area contributed by atoms with Crippen molar-refractivity contribution in [3.8, 4) is 5.75 Å². The molecule has 3 aliphatic carbocycles. The van der Waals surface area contributed by atoms with Gasteiger partial charge in [0.1, 0.15) is 22.8 Å². The third-order valence-corrected chi connectivity index (χ3v) is 6.97. The number of phenols is 1. The Morgan fingerprint density at radius 2 is 1.85 bits per heavy atom. The van der Waals surface area contributed by atoms with Crippen molar-refractivity contribution < 1.29 is 39.5 Å². The van der Waals surface area contributed by atoms with Gasteiger partial charge in [0, 0.05) is 24.3 Å². The van der Waals surface area contributed by atoms with E-state index in [2.05, 4.69) is 0 Å². The molecule has 0 aromatic heterocycles. The summed E-state index contributed by atoms with van der Waals surface area (Å²) in [7, 11) is 4.32. The van der Waals surface area contributed by atoms with Crippen LogP contribution in [0.2, 0.25) is 0 Å². The van der Waals surface area contributed by atoms with Gasteiger partial charge < -0.3 is 36.6 Å². The quantitative estimate of drug-likeness (QED) is 0.188. The maximum Gasteiger partial charge on any atom is 0.255 e. The summed E-state index contributed by atoms with van der Waals surface area (Å²) < 4.78 is 5.66. The molecule has 11 nitrogen and oxygen atoms in total. The SMILES string of the molecule is CO[C@@H]1[C@H]2[C@H](N(C)C)C(=O)C(C(N)=O)=C(O)[C@@]2(O)C(=O)C2=C(O)c3c(O)ccc(N)c3C[C@H]21. The number of carbonyl (C=O) groups excluding carboxylic acids is 3. The van der Waals surface area contributed by atoms with E-state index < -0.39 is 64.1 Å². The number of methoxy groups -OCH3 is 1. The fourth-order valence-electron chi connectivity index (χ4n) is 5.57. The summed E-state index contributed by atoms with van der Waals surface area (Å²) in [5.74, 6) is -7.65. The number of benzene rings is 1. The smallest absolute Gasteiger partial charge is 0.255 e. The molecule has 0 spiro atoms. The van der Waals surface area contributed by atoms with Crippen LogP contribution in [-0.2, 0) is 25.5 Å². The average Bonchev–Trinajstić information content (AvgIpc) is 2.73. The van der Waals surface area contributed by atoms with E-state index in [4.69, 9.17) is 16.2 Å². The molecule has 1 aromatic carbocycles. The first kappa shape index (κ1) is 22.8. The van der Waals surface area contributed by atoms with Gasteiger partial charge in [-0.15, -0.1) is 0 Å². The zero-order valence-corrected chi connectivity index (χ0v) is 18.2.